The molecule has 0 spiro atoms. The first-order valence-electron chi connectivity index (χ1n) is 8.18. The number of benzene rings is 2. The summed E-state index contributed by atoms with van der Waals surface area (Å²) < 4.78 is 0. The first-order chi connectivity index (χ1) is 12.8. The SMILES string of the molecule is [Cl][Ti][Cl].c1cc[cH-]c1.c1ccc2[cH-]c(-p3ccc4ccccc43)cc2c1. The Morgan fingerprint density at radius 1 is 0.769 bits per heavy atom. The summed E-state index contributed by atoms with van der Waals surface area (Å²) in [7, 11) is 9.49. The van der Waals surface area contributed by atoms with E-state index in [-0.39, 0.29) is 7.53 Å². The molecule has 0 bridgehead atoms. The van der Waals surface area contributed by atoms with Gasteiger partial charge >= 0.3 is 35.6 Å². The van der Waals surface area contributed by atoms with Crippen molar-refractivity contribution in [1.82, 2.24) is 0 Å². The van der Waals surface area contributed by atoms with E-state index < -0.39 is 17.0 Å². The van der Waals surface area contributed by atoms with Gasteiger partial charge in [0.1, 0.15) is 0 Å². The van der Waals surface area contributed by atoms with Gasteiger partial charge in [-0.15, -0.1) is 42.6 Å². The van der Waals surface area contributed by atoms with Crippen molar-refractivity contribution in [3.63, 3.8) is 0 Å². The van der Waals surface area contributed by atoms with Gasteiger partial charge < -0.3 is 0 Å². The maximum atomic E-state index is 4.89. The molecule has 0 aliphatic carbocycles. The van der Waals surface area contributed by atoms with Crippen molar-refractivity contribution in [2.45, 2.75) is 0 Å². The van der Waals surface area contributed by atoms with Gasteiger partial charge in [-0.25, -0.2) is 12.1 Å². The Balaban J connectivity index is 0.000000207. The van der Waals surface area contributed by atoms with Crippen molar-refractivity contribution in [2.75, 3.05) is 0 Å². The van der Waals surface area contributed by atoms with Gasteiger partial charge in [-0.1, -0.05) is 35.6 Å². The second kappa shape index (κ2) is 10.2. The fourth-order valence-corrected chi connectivity index (χ4v) is 5.05. The van der Waals surface area contributed by atoms with E-state index >= 15 is 0 Å². The minimum absolute atomic E-state index is 0.283. The number of rotatable bonds is 1. The average Bonchev–Trinajstić information content (AvgIpc) is 3.42. The van der Waals surface area contributed by atoms with E-state index in [0.717, 1.165) is 0 Å². The zero-order valence-corrected chi connectivity index (χ0v) is 18.0. The third kappa shape index (κ3) is 4.92. The Bertz CT molecular complexity index is 994. The molecule has 0 nitrogen and oxygen atoms in total. The average molecular weight is 431 g/mol. The fourth-order valence-electron chi connectivity index (χ4n) is 2.90. The third-order valence-corrected chi connectivity index (χ3v) is 6.22. The van der Waals surface area contributed by atoms with E-state index in [0.29, 0.717) is 0 Å². The number of hydrogen-bond donors (Lipinski definition) is 0. The van der Waals surface area contributed by atoms with Crippen molar-refractivity contribution < 1.29 is 17.0 Å². The number of halogens is 2. The van der Waals surface area contributed by atoms with Crippen molar-refractivity contribution in [2.24, 2.45) is 0 Å². The van der Waals surface area contributed by atoms with Crippen LogP contribution in [0.5, 0.6) is 0 Å². The standard InChI is InChI=1S/C17H12P.C5H5.2ClH.Ti/c1-2-7-15-12-16(11-14(15)6-1)18-10-9-13-5-3-4-8-17(13)18;1-2-4-5-3-1;;;/h1-12H;1-5H;2*1H;/q2*-1;;;+2/p-2. The summed E-state index contributed by atoms with van der Waals surface area (Å²) in [6.07, 6.45) is 0. The van der Waals surface area contributed by atoms with Crippen LogP contribution in [0.25, 0.3) is 26.6 Å². The van der Waals surface area contributed by atoms with E-state index in [1.54, 1.807) is 0 Å². The van der Waals surface area contributed by atoms with Crippen molar-refractivity contribution in [3.05, 3.63) is 103 Å². The minimum Gasteiger partial charge on any atom is -0.214 e. The first-order valence-corrected chi connectivity index (χ1v) is 13.9. The summed E-state index contributed by atoms with van der Waals surface area (Å²) >= 11 is -0.556. The monoisotopic (exact) mass is 430 g/mol. The van der Waals surface area contributed by atoms with Gasteiger partial charge in [0.25, 0.3) is 0 Å². The maximum Gasteiger partial charge on any atom is 0.00412 e. The molecular weight excluding hydrogens is 414 g/mol. The van der Waals surface area contributed by atoms with Gasteiger partial charge in [-0.3, -0.25) is 0 Å². The van der Waals surface area contributed by atoms with Crippen LogP contribution in [0, 0.1) is 0 Å². The second-order valence-corrected chi connectivity index (χ2v) is 10.2. The van der Waals surface area contributed by atoms with E-state index in [1.807, 2.05) is 30.3 Å². The topological polar surface area (TPSA) is 0 Å². The molecule has 0 aliphatic heterocycles. The molecule has 5 rings (SSSR count). The van der Waals surface area contributed by atoms with Crippen LogP contribution in [0.1, 0.15) is 0 Å². The van der Waals surface area contributed by atoms with Gasteiger partial charge in [0.05, 0.1) is 0 Å². The molecule has 0 radical (unpaired) electrons. The fraction of sp³-hybridized carbons (Fsp3) is 0. The molecular formula is C22H17Cl2PTi-2. The molecule has 0 fully saturated rings. The summed E-state index contributed by atoms with van der Waals surface area (Å²) in [5, 5.41) is 7.05. The first kappa shape index (κ1) is 19.5. The molecule has 0 aliphatic rings. The van der Waals surface area contributed by atoms with E-state index in [9.17, 15) is 0 Å². The predicted octanol–water partition coefficient (Wildman–Crippen LogP) is 8.47. The molecule has 1 unspecified atom stereocenters. The smallest absolute Gasteiger partial charge is 0.00412 e. The number of fused-ring (bicyclic) bond motifs is 2. The van der Waals surface area contributed by atoms with E-state index in [2.05, 4.69) is 72.5 Å². The molecule has 5 aromatic rings. The van der Waals surface area contributed by atoms with Gasteiger partial charge in [-0.2, -0.15) is 24.3 Å². The van der Waals surface area contributed by atoms with Crippen molar-refractivity contribution in [3.8, 4) is 5.30 Å². The molecule has 0 saturated heterocycles. The Morgan fingerprint density at radius 2 is 1.42 bits per heavy atom. The predicted molar refractivity (Wildman–Crippen MR) is 115 cm³/mol. The van der Waals surface area contributed by atoms with Crippen LogP contribution in [0.3, 0.4) is 0 Å². The summed E-state index contributed by atoms with van der Waals surface area (Å²) in [4.78, 5) is 0. The van der Waals surface area contributed by atoms with Crippen LogP contribution < -0.4 is 0 Å². The van der Waals surface area contributed by atoms with Gasteiger partial charge in [-0.05, 0) is 17.3 Å². The van der Waals surface area contributed by atoms with Gasteiger partial charge in [0, 0.05) is 5.12 Å². The molecule has 1 atom stereocenters. The Labute approximate surface area is 171 Å². The largest absolute Gasteiger partial charge is 0.214 e. The van der Waals surface area contributed by atoms with E-state index in [1.165, 1.54) is 26.6 Å². The Morgan fingerprint density at radius 3 is 2.08 bits per heavy atom. The molecule has 0 saturated carbocycles. The zero-order chi connectivity index (χ0) is 18.2. The summed E-state index contributed by atoms with van der Waals surface area (Å²) in [5.74, 6) is 2.37. The quantitative estimate of drug-likeness (QED) is 0.185. The van der Waals surface area contributed by atoms with Crippen LogP contribution in [-0.2, 0) is 17.0 Å². The summed E-state index contributed by atoms with van der Waals surface area (Å²) in [6, 6.07) is 34.3. The third-order valence-electron chi connectivity index (χ3n) is 4.04. The summed E-state index contributed by atoms with van der Waals surface area (Å²) in [5.41, 5.74) is 0. The van der Waals surface area contributed by atoms with Crippen LogP contribution in [0.4, 0.5) is 0 Å². The Hall–Kier alpha value is -1.27. The zero-order valence-electron chi connectivity index (χ0n) is 14.0. The molecule has 0 amide bonds. The second-order valence-electron chi connectivity index (χ2n) is 5.62. The number of hydrogen-bond acceptors (Lipinski definition) is 0. The molecule has 0 N–H and O–H groups in total. The van der Waals surface area contributed by atoms with Gasteiger partial charge in [0.15, 0.2) is 0 Å². The van der Waals surface area contributed by atoms with Crippen LogP contribution in [-0.4, -0.2) is 0 Å². The molecule has 4 heteroatoms. The summed E-state index contributed by atoms with van der Waals surface area (Å²) in [6.45, 7) is 0. The Kier molecular flexibility index (Phi) is 7.62. The molecule has 26 heavy (non-hydrogen) atoms. The van der Waals surface area contributed by atoms with Crippen LogP contribution in [0.15, 0.2) is 103 Å². The molecule has 130 valence electrons. The van der Waals surface area contributed by atoms with E-state index in [4.69, 9.17) is 18.6 Å². The van der Waals surface area contributed by atoms with Crippen LogP contribution >= 0.6 is 26.1 Å². The van der Waals surface area contributed by atoms with Crippen LogP contribution in [0.2, 0.25) is 0 Å². The molecule has 4 aromatic carbocycles. The van der Waals surface area contributed by atoms with Crippen molar-refractivity contribution in [1.29, 1.82) is 0 Å². The maximum absolute atomic E-state index is 4.89. The van der Waals surface area contributed by atoms with Crippen molar-refractivity contribution >= 4 is 47.4 Å². The normalized spacial score (nSPS) is 10.6. The minimum atomic E-state index is -0.556. The van der Waals surface area contributed by atoms with Gasteiger partial charge in [0.2, 0.25) is 0 Å². The molecule has 1 aromatic heterocycles. The molecule has 1 heterocycles.